The maximum atomic E-state index is 12.0. The molecular formula is C12H22N2O3. The van der Waals surface area contributed by atoms with Crippen LogP contribution in [0.1, 0.15) is 46.0 Å². The van der Waals surface area contributed by atoms with Gasteiger partial charge in [0.2, 0.25) is 0 Å². The average molecular weight is 242 g/mol. The third kappa shape index (κ3) is 3.91. The first-order chi connectivity index (χ1) is 8.06. The molecule has 1 fully saturated rings. The van der Waals surface area contributed by atoms with E-state index >= 15 is 0 Å². The summed E-state index contributed by atoms with van der Waals surface area (Å²) in [5, 5.41) is 11.5. The number of aliphatic carboxylic acids is 1. The van der Waals surface area contributed by atoms with Crippen molar-refractivity contribution in [2.75, 3.05) is 6.54 Å². The highest BCUT2D eigenvalue weighted by atomic mass is 16.4. The molecule has 2 unspecified atom stereocenters. The van der Waals surface area contributed by atoms with Crippen LogP contribution in [0.3, 0.4) is 0 Å². The zero-order chi connectivity index (χ0) is 12.8. The summed E-state index contributed by atoms with van der Waals surface area (Å²) in [5.41, 5.74) is 0. The SMILES string of the molecule is CCC(NC(=O)N1CCCCCC1C)C(=O)O. The number of carbonyl (C=O) groups is 2. The van der Waals surface area contributed by atoms with Crippen LogP contribution < -0.4 is 5.32 Å². The molecule has 0 aliphatic carbocycles. The zero-order valence-electron chi connectivity index (χ0n) is 10.6. The van der Waals surface area contributed by atoms with Crippen molar-refractivity contribution in [2.24, 2.45) is 0 Å². The van der Waals surface area contributed by atoms with E-state index < -0.39 is 12.0 Å². The minimum Gasteiger partial charge on any atom is -0.480 e. The lowest BCUT2D eigenvalue weighted by molar-refractivity contribution is -0.139. The topological polar surface area (TPSA) is 69.6 Å². The smallest absolute Gasteiger partial charge is 0.326 e. The summed E-state index contributed by atoms with van der Waals surface area (Å²) in [4.78, 5) is 24.6. The van der Waals surface area contributed by atoms with Gasteiger partial charge in [-0.25, -0.2) is 9.59 Å². The fraction of sp³-hybridized carbons (Fsp3) is 0.833. The summed E-state index contributed by atoms with van der Waals surface area (Å²) in [6.07, 6.45) is 4.69. The minimum atomic E-state index is -0.969. The van der Waals surface area contributed by atoms with E-state index in [0.29, 0.717) is 6.42 Å². The number of urea groups is 1. The zero-order valence-corrected chi connectivity index (χ0v) is 10.6. The van der Waals surface area contributed by atoms with Crippen LogP contribution in [-0.4, -0.2) is 40.6 Å². The first-order valence-corrected chi connectivity index (χ1v) is 6.36. The largest absolute Gasteiger partial charge is 0.480 e. The van der Waals surface area contributed by atoms with E-state index in [1.165, 1.54) is 0 Å². The quantitative estimate of drug-likeness (QED) is 0.793. The van der Waals surface area contributed by atoms with Crippen LogP contribution in [0.4, 0.5) is 4.79 Å². The number of carboxylic acid groups (broad SMARTS) is 1. The molecule has 1 heterocycles. The number of hydrogen-bond donors (Lipinski definition) is 2. The number of nitrogens with zero attached hydrogens (tertiary/aromatic N) is 1. The van der Waals surface area contributed by atoms with Crippen molar-refractivity contribution in [3.8, 4) is 0 Å². The Morgan fingerprint density at radius 2 is 2.12 bits per heavy atom. The first kappa shape index (κ1) is 13.8. The lowest BCUT2D eigenvalue weighted by Crippen LogP contribution is -2.50. The highest BCUT2D eigenvalue weighted by Crippen LogP contribution is 2.16. The summed E-state index contributed by atoms with van der Waals surface area (Å²) in [6, 6.07) is -0.824. The number of likely N-dealkylation sites (tertiary alicyclic amines) is 1. The Kier molecular flexibility index (Phi) is 5.25. The number of hydrogen-bond acceptors (Lipinski definition) is 2. The molecule has 5 heteroatoms. The van der Waals surface area contributed by atoms with Gasteiger partial charge in [-0.15, -0.1) is 0 Å². The molecule has 2 N–H and O–H groups in total. The maximum Gasteiger partial charge on any atom is 0.326 e. The Balaban J connectivity index is 2.58. The molecule has 98 valence electrons. The molecule has 1 aliphatic rings. The normalized spacial score (nSPS) is 22.7. The number of carbonyl (C=O) groups excluding carboxylic acids is 1. The van der Waals surface area contributed by atoms with E-state index in [2.05, 4.69) is 5.32 Å². The van der Waals surface area contributed by atoms with Crippen LogP contribution in [0.2, 0.25) is 0 Å². The molecule has 1 aliphatic heterocycles. The predicted octanol–water partition coefficient (Wildman–Crippen LogP) is 1.82. The van der Waals surface area contributed by atoms with Crippen molar-refractivity contribution in [1.29, 1.82) is 0 Å². The highest BCUT2D eigenvalue weighted by Gasteiger charge is 2.25. The summed E-state index contributed by atoms with van der Waals surface area (Å²) in [7, 11) is 0. The summed E-state index contributed by atoms with van der Waals surface area (Å²) >= 11 is 0. The standard InChI is InChI=1S/C12H22N2O3/c1-3-10(11(15)16)13-12(17)14-8-6-4-5-7-9(14)2/h9-10H,3-8H2,1-2H3,(H,13,17)(H,15,16). The monoisotopic (exact) mass is 242 g/mol. The second-order valence-electron chi connectivity index (χ2n) is 4.64. The van der Waals surface area contributed by atoms with Gasteiger partial charge in [0.1, 0.15) is 6.04 Å². The first-order valence-electron chi connectivity index (χ1n) is 6.36. The number of carboxylic acids is 1. The van der Waals surface area contributed by atoms with Gasteiger partial charge in [-0.3, -0.25) is 0 Å². The molecule has 0 radical (unpaired) electrons. The van der Waals surface area contributed by atoms with Gasteiger partial charge in [0.15, 0.2) is 0 Å². The fourth-order valence-corrected chi connectivity index (χ4v) is 2.15. The van der Waals surface area contributed by atoms with Crippen molar-refractivity contribution < 1.29 is 14.7 Å². The Morgan fingerprint density at radius 3 is 2.71 bits per heavy atom. The molecule has 17 heavy (non-hydrogen) atoms. The summed E-state index contributed by atoms with van der Waals surface area (Å²) in [5.74, 6) is -0.969. The Labute approximate surface area is 102 Å². The molecule has 5 nitrogen and oxygen atoms in total. The van der Waals surface area contributed by atoms with Gasteiger partial charge in [0, 0.05) is 12.6 Å². The molecule has 0 aromatic heterocycles. The third-order valence-corrected chi connectivity index (χ3v) is 3.32. The Morgan fingerprint density at radius 1 is 1.41 bits per heavy atom. The summed E-state index contributed by atoms with van der Waals surface area (Å²) in [6.45, 7) is 4.50. The van der Waals surface area contributed by atoms with E-state index in [1.807, 2.05) is 6.92 Å². The van der Waals surface area contributed by atoms with E-state index in [-0.39, 0.29) is 12.1 Å². The summed E-state index contributed by atoms with van der Waals surface area (Å²) < 4.78 is 0. The molecular weight excluding hydrogens is 220 g/mol. The second-order valence-corrected chi connectivity index (χ2v) is 4.64. The van der Waals surface area contributed by atoms with E-state index in [1.54, 1.807) is 11.8 Å². The molecule has 0 saturated carbocycles. The number of nitrogens with one attached hydrogen (secondary N) is 1. The maximum absolute atomic E-state index is 12.0. The molecule has 0 spiro atoms. The van der Waals surface area contributed by atoms with Crippen molar-refractivity contribution in [3.63, 3.8) is 0 Å². The molecule has 0 bridgehead atoms. The Hall–Kier alpha value is -1.26. The van der Waals surface area contributed by atoms with Gasteiger partial charge >= 0.3 is 12.0 Å². The van der Waals surface area contributed by atoms with Gasteiger partial charge in [-0.1, -0.05) is 19.8 Å². The van der Waals surface area contributed by atoms with Gasteiger partial charge in [0.25, 0.3) is 0 Å². The molecule has 1 rings (SSSR count). The predicted molar refractivity (Wildman–Crippen MR) is 64.9 cm³/mol. The van der Waals surface area contributed by atoms with Crippen LogP contribution in [0, 0.1) is 0 Å². The minimum absolute atomic E-state index is 0.198. The van der Waals surface area contributed by atoms with E-state index in [0.717, 1.165) is 32.2 Å². The van der Waals surface area contributed by atoms with E-state index in [9.17, 15) is 9.59 Å². The molecule has 2 atom stereocenters. The number of rotatable bonds is 3. The molecule has 0 aromatic rings. The van der Waals surface area contributed by atoms with Crippen LogP contribution in [0.25, 0.3) is 0 Å². The molecule has 2 amide bonds. The highest BCUT2D eigenvalue weighted by molar-refractivity contribution is 5.82. The van der Waals surface area contributed by atoms with Crippen molar-refractivity contribution >= 4 is 12.0 Å². The molecule has 1 saturated heterocycles. The van der Waals surface area contributed by atoms with Gasteiger partial charge < -0.3 is 15.3 Å². The lowest BCUT2D eigenvalue weighted by atomic mass is 10.1. The van der Waals surface area contributed by atoms with Crippen molar-refractivity contribution in [1.82, 2.24) is 10.2 Å². The lowest BCUT2D eigenvalue weighted by Gasteiger charge is -2.28. The molecule has 0 aromatic carbocycles. The van der Waals surface area contributed by atoms with Crippen LogP contribution in [0.5, 0.6) is 0 Å². The van der Waals surface area contributed by atoms with Crippen LogP contribution in [0.15, 0.2) is 0 Å². The second kappa shape index (κ2) is 6.47. The number of amides is 2. The fourth-order valence-electron chi connectivity index (χ4n) is 2.15. The van der Waals surface area contributed by atoms with Gasteiger partial charge in [0.05, 0.1) is 0 Å². The van der Waals surface area contributed by atoms with Crippen LogP contribution in [-0.2, 0) is 4.79 Å². The van der Waals surface area contributed by atoms with Crippen molar-refractivity contribution in [2.45, 2.75) is 58.0 Å². The average Bonchev–Trinajstić information content (AvgIpc) is 2.50. The van der Waals surface area contributed by atoms with E-state index in [4.69, 9.17) is 5.11 Å². The third-order valence-electron chi connectivity index (χ3n) is 3.32. The van der Waals surface area contributed by atoms with Gasteiger partial charge in [-0.05, 0) is 26.2 Å². The van der Waals surface area contributed by atoms with Crippen LogP contribution >= 0.6 is 0 Å². The van der Waals surface area contributed by atoms with Gasteiger partial charge in [-0.2, -0.15) is 0 Å². The van der Waals surface area contributed by atoms with Crippen molar-refractivity contribution in [3.05, 3.63) is 0 Å². The Bertz CT molecular complexity index is 281.